The molecule has 0 unspecified atom stereocenters. The molecule has 0 N–H and O–H groups in total. The highest BCUT2D eigenvalue weighted by molar-refractivity contribution is 7.90. The predicted molar refractivity (Wildman–Crippen MR) is 99.4 cm³/mol. The second-order valence-electron chi connectivity index (χ2n) is 6.36. The molecule has 0 aliphatic heterocycles. The molecule has 0 radical (unpaired) electrons. The summed E-state index contributed by atoms with van der Waals surface area (Å²) in [7, 11) is -4.03. The van der Waals surface area contributed by atoms with Crippen LogP contribution in [0.15, 0.2) is 76.2 Å². The summed E-state index contributed by atoms with van der Waals surface area (Å²) in [5.74, 6) is 0. The smallest absolute Gasteiger partial charge is 0.301 e. The molecule has 0 aliphatic carbocycles. The molecular formula is C20H17F3N2O2S. The number of alkyl halides is 3. The van der Waals surface area contributed by atoms with Crippen molar-refractivity contribution in [3.05, 3.63) is 89.0 Å². The first kappa shape index (κ1) is 19.9. The Morgan fingerprint density at radius 2 is 1.54 bits per heavy atom. The summed E-state index contributed by atoms with van der Waals surface area (Å²) in [6.45, 7) is 3.58. The van der Waals surface area contributed by atoms with Crippen molar-refractivity contribution in [1.29, 1.82) is 0 Å². The molecule has 4 nitrogen and oxygen atoms in total. The molecule has 0 atom stereocenters. The van der Waals surface area contributed by atoms with E-state index in [1.165, 1.54) is 34.9 Å². The van der Waals surface area contributed by atoms with Crippen LogP contribution in [-0.2, 0) is 16.2 Å². The maximum Gasteiger partial charge on any atom is 0.416 e. The number of benzene rings is 2. The maximum atomic E-state index is 13.1. The number of sulfonamides is 1. The van der Waals surface area contributed by atoms with E-state index < -0.39 is 21.8 Å². The Morgan fingerprint density at radius 3 is 2.18 bits per heavy atom. The zero-order valence-corrected chi connectivity index (χ0v) is 15.9. The second kappa shape index (κ2) is 7.27. The summed E-state index contributed by atoms with van der Waals surface area (Å²) in [6.07, 6.45) is -2.97. The quantitative estimate of drug-likeness (QED) is 0.647. The van der Waals surface area contributed by atoms with Crippen LogP contribution in [0.2, 0.25) is 0 Å². The lowest BCUT2D eigenvalue weighted by Crippen LogP contribution is -2.21. The van der Waals surface area contributed by atoms with Gasteiger partial charge in [0.2, 0.25) is 0 Å². The molecule has 2 aromatic carbocycles. The third-order valence-corrected chi connectivity index (χ3v) is 5.35. The topological polar surface area (TPSA) is 51.4 Å². The van der Waals surface area contributed by atoms with Gasteiger partial charge in [0.15, 0.2) is 5.49 Å². The van der Waals surface area contributed by atoms with Crippen LogP contribution >= 0.6 is 0 Å². The molecule has 8 heteroatoms. The fraction of sp³-hybridized carbons (Fsp3) is 0.150. The van der Waals surface area contributed by atoms with Crippen molar-refractivity contribution in [2.24, 2.45) is 4.40 Å². The van der Waals surface area contributed by atoms with E-state index in [4.69, 9.17) is 0 Å². The lowest BCUT2D eigenvalue weighted by molar-refractivity contribution is -0.137. The van der Waals surface area contributed by atoms with E-state index in [1.54, 1.807) is 31.3 Å². The average Bonchev–Trinajstić information content (AvgIpc) is 2.63. The standard InChI is InChI=1S/C20H17F3N2O2S/c1-14-6-9-18(10-7-14)28(26,27)24-19-11-8-15(2)13-25(19)17-5-3-4-16(12-17)20(21,22)23/h3-13H,1-2H3/b24-19+. The molecule has 1 heterocycles. The van der Waals surface area contributed by atoms with Crippen molar-refractivity contribution in [2.75, 3.05) is 0 Å². The van der Waals surface area contributed by atoms with Crippen LogP contribution in [0.3, 0.4) is 0 Å². The van der Waals surface area contributed by atoms with Crippen LogP contribution in [0.5, 0.6) is 0 Å². The summed E-state index contributed by atoms with van der Waals surface area (Å²) in [4.78, 5) is 0.00858. The molecule has 146 valence electrons. The molecule has 3 rings (SSSR count). The lowest BCUT2D eigenvalue weighted by atomic mass is 10.2. The van der Waals surface area contributed by atoms with E-state index in [9.17, 15) is 21.6 Å². The van der Waals surface area contributed by atoms with Crippen LogP contribution in [0, 0.1) is 13.8 Å². The van der Waals surface area contributed by atoms with Gasteiger partial charge >= 0.3 is 6.18 Å². The predicted octanol–water partition coefficient (Wildman–Crippen LogP) is 4.40. The van der Waals surface area contributed by atoms with Crippen LogP contribution in [0.1, 0.15) is 16.7 Å². The zero-order chi connectivity index (χ0) is 20.5. The Labute approximate surface area is 160 Å². The summed E-state index contributed by atoms with van der Waals surface area (Å²) in [5, 5.41) is 0. The first-order chi connectivity index (χ1) is 13.1. The highest BCUT2D eigenvalue weighted by Crippen LogP contribution is 2.30. The number of aryl methyl sites for hydroxylation is 2. The molecule has 0 saturated heterocycles. The molecule has 0 aliphatic rings. The van der Waals surface area contributed by atoms with Crippen molar-refractivity contribution < 1.29 is 21.6 Å². The van der Waals surface area contributed by atoms with Crippen LogP contribution in [0.25, 0.3) is 5.69 Å². The van der Waals surface area contributed by atoms with Crippen molar-refractivity contribution in [2.45, 2.75) is 24.9 Å². The minimum Gasteiger partial charge on any atom is -0.301 e. The highest BCUT2D eigenvalue weighted by Gasteiger charge is 2.30. The third-order valence-electron chi connectivity index (χ3n) is 4.06. The van der Waals surface area contributed by atoms with Crippen molar-refractivity contribution in [3.8, 4) is 5.69 Å². The second-order valence-corrected chi connectivity index (χ2v) is 7.97. The fourth-order valence-electron chi connectivity index (χ4n) is 2.60. The number of aromatic nitrogens is 1. The van der Waals surface area contributed by atoms with E-state index in [0.717, 1.165) is 23.3 Å². The number of hydrogen-bond acceptors (Lipinski definition) is 2. The summed E-state index contributed by atoms with van der Waals surface area (Å²) in [5.41, 5.74) is 0.977. The van der Waals surface area contributed by atoms with Gasteiger partial charge in [-0.15, -0.1) is 4.40 Å². The first-order valence-corrected chi connectivity index (χ1v) is 9.75. The molecule has 0 saturated carbocycles. The molecule has 0 bridgehead atoms. The van der Waals surface area contributed by atoms with Gasteiger partial charge in [-0.1, -0.05) is 29.8 Å². The molecular weight excluding hydrogens is 389 g/mol. The number of rotatable bonds is 3. The van der Waals surface area contributed by atoms with E-state index >= 15 is 0 Å². The number of nitrogens with zero attached hydrogens (tertiary/aromatic N) is 2. The number of hydrogen-bond donors (Lipinski definition) is 0. The average molecular weight is 406 g/mol. The minimum absolute atomic E-state index is 0.00509. The summed E-state index contributed by atoms with van der Waals surface area (Å²) < 4.78 is 69.7. The van der Waals surface area contributed by atoms with E-state index in [1.807, 2.05) is 6.92 Å². The van der Waals surface area contributed by atoms with Crippen molar-refractivity contribution in [3.63, 3.8) is 0 Å². The number of halogens is 3. The van der Waals surface area contributed by atoms with Gasteiger partial charge in [0, 0.05) is 11.9 Å². The molecule has 3 aromatic rings. The Balaban J connectivity index is 2.20. The SMILES string of the molecule is Cc1ccc(S(=O)(=O)/N=c2\ccc(C)cn2-c2cccc(C(F)(F)F)c2)cc1. The van der Waals surface area contributed by atoms with Gasteiger partial charge in [0.25, 0.3) is 10.0 Å². The largest absolute Gasteiger partial charge is 0.416 e. The summed E-state index contributed by atoms with van der Waals surface area (Å²) in [6, 6.07) is 13.9. The molecule has 0 spiro atoms. The van der Waals surface area contributed by atoms with E-state index in [-0.39, 0.29) is 16.1 Å². The Morgan fingerprint density at radius 1 is 0.893 bits per heavy atom. The zero-order valence-electron chi connectivity index (χ0n) is 15.1. The third kappa shape index (κ3) is 4.33. The van der Waals surface area contributed by atoms with Gasteiger partial charge in [0.1, 0.15) is 0 Å². The lowest BCUT2D eigenvalue weighted by Gasteiger charge is -2.12. The van der Waals surface area contributed by atoms with Gasteiger partial charge < -0.3 is 4.57 Å². The monoisotopic (exact) mass is 406 g/mol. The Bertz CT molecular complexity index is 1180. The van der Waals surface area contributed by atoms with Crippen LogP contribution in [-0.4, -0.2) is 13.0 Å². The van der Waals surface area contributed by atoms with Gasteiger partial charge in [-0.05, 0) is 55.8 Å². The van der Waals surface area contributed by atoms with Crippen molar-refractivity contribution in [1.82, 2.24) is 4.57 Å². The number of pyridine rings is 1. The first-order valence-electron chi connectivity index (χ1n) is 8.31. The summed E-state index contributed by atoms with van der Waals surface area (Å²) >= 11 is 0. The van der Waals surface area contributed by atoms with Gasteiger partial charge in [-0.25, -0.2) is 0 Å². The van der Waals surface area contributed by atoms with Crippen LogP contribution < -0.4 is 5.49 Å². The van der Waals surface area contributed by atoms with E-state index in [0.29, 0.717) is 0 Å². The molecule has 0 fully saturated rings. The Kier molecular flexibility index (Phi) is 5.16. The maximum absolute atomic E-state index is 13.1. The minimum atomic E-state index is -4.51. The van der Waals surface area contributed by atoms with Gasteiger partial charge in [0.05, 0.1) is 10.5 Å². The van der Waals surface area contributed by atoms with E-state index in [2.05, 4.69) is 4.40 Å². The molecule has 28 heavy (non-hydrogen) atoms. The fourth-order valence-corrected chi connectivity index (χ4v) is 3.58. The highest BCUT2D eigenvalue weighted by atomic mass is 32.2. The molecule has 1 aromatic heterocycles. The van der Waals surface area contributed by atoms with Crippen molar-refractivity contribution >= 4 is 10.0 Å². The normalized spacial score (nSPS) is 13.0. The Hall–Kier alpha value is -2.87. The van der Waals surface area contributed by atoms with Gasteiger partial charge in [-0.2, -0.15) is 21.6 Å². The molecule has 0 amide bonds. The van der Waals surface area contributed by atoms with Crippen LogP contribution in [0.4, 0.5) is 13.2 Å². The van der Waals surface area contributed by atoms with Gasteiger partial charge in [-0.3, -0.25) is 0 Å².